The quantitative estimate of drug-likeness (QED) is 0.428. The molecule has 98 valence electrons. The zero-order chi connectivity index (χ0) is 13.2. The fourth-order valence-corrected chi connectivity index (χ4v) is 2.57. The highest BCUT2D eigenvalue weighted by molar-refractivity contribution is 7.07. The third-order valence-electron chi connectivity index (χ3n) is 2.84. The fraction of sp³-hybridized carbons (Fsp3) is 0.182. The van der Waals surface area contributed by atoms with E-state index in [4.69, 9.17) is 5.84 Å². The maximum absolute atomic E-state index is 5.37. The van der Waals surface area contributed by atoms with E-state index in [1.807, 2.05) is 5.38 Å². The van der Waals surface area contributed by atoms with Crippen molar-refractivity contribution < 1.29 is 0 Å². The van der Waals surface area contributed by atoms with Crippen LogP contribution in [0.4, 0.5) is 11.8 Å². The van der Waals surface area contributed by atoms with E-state index >= 15 is 0 Å². The molecule has 3 rings (SSSR count). The van der Waals surface area contributed by atoms with Gasteiger partial charge in [0, 0.05) is 0 Å². The second kappa shape index (κ2) is 4.82. The van der Waals surface area contributed by atoms with E-state index in [1.54, 1.807) is 17.5 Å². The number of fused-ring (bicyclic) bond motifs is 1. The Bertz CT molecular complexity index is 675. The van der Waals surface area contributed by atoms with Crippen molar-refractivity contribution in [2.45, 2.75) is 13.0 Å². The van der Waals surface area contributed by atoms with Gasteiger partial charge < -0.3 is 5.32 Å². The standard InChI is InChI=1S/C11H13N7S/c1-6(7-2-3-19-5-7)14-9-8-4-13-18-10(8)16-11(15-9)17-12/h2-6H,12H2,1H3,(H3,13,14,15,16,17,18). The molecule has 3 aromatic rings. The van der Waals surface area contributed by atoms with Crippen LogP contribution >= 0.6 is 11.3 Å². The summed E-state index contributed by atoms with van der Waals surface area (Å²) in [5, 5.41) is 15.1. The van der Waals surface area contributed by atoms with E-state index in [1.165, 1.54) is 5.56 Å². The third kappa shape index (κ3) is 2.23. The van der Waals surface area contributed by atoms with Gasteiger partial charge in [0.25, 0.3) is 0 Å². The average Bonchev–Trinajstić information content (AvgIpc) is 3.09. The summed E-state index contributed by atoms with van der Waals surface area (Å²) in [5.74, 6) is 6.41. The number of nitrogens with zero attached hydrogens (tertiary/aromatic N) is 3. The number of hydrazine groups is 1. The maximum Gasteiger partial charge on any atom is 0.241 e. The van der Waals surface area contributed by atoms with Crippen molar-refractivity contribution in [3.05, 3.63) is 28.6 Å². The summed E-state index contributed by atoms with van der Waals surface area (Å²) in [6, 6.07) is 2.22. The molecule has 0 aliphatic heterocycles. The van der Waals surface area contributed by atoms with E-state index in [2.05, 4.69) is 49.3 Å². The number of nitrogen functional groups attached to an aromatic ring is 1. The lowest BCUT2D eigenvalue weighted by atomic mass is 10.2. The number of thiophene rings is 1. The van der Waals surface area contributed by atoms with Crippen LogP contribution < -0.4 is 16.6 Å². The molecule has 0 spiro atoms. The molecular weight excluding hydrogens is 262 g/mol. The predicted molar refractivity (Wildman–Crippen MR) is 75.9 cm³/mol. The van der Waals surface area contributed by atoms with Gasteiger partial charge in [0.1, 0.15) is 5.82 Å². The van der Waals surface area contributed by atoms with Gasteiger partial charge in [-0.1, -0.05) is 0 Å². The van der Waals surface area contributed by atoms with Gasteiger partial charge in [-0.3, -0.25) is 10.5 Å². The molecule has 0 radical (unpaired) electrons. The van der Waals surface area contributed by atoms with Gasteiger partial charge in [0.2, 0.25) is 5.95 Å². The number of anilines is 2. The molecule has 0 aliphatic carbocycles. The SMILES string of the molecule is CC(Nc1nc(NN)nc2[nH]ncc12)c1ccsc1. The Balaban J connectivity index is 1.97. The first-order chi connectivity index (χ1) is 9.28. The number of hydrogen-bond donors (Lipinski definition) is 4. The lowest BCUT2D eigenvalue weighted by molar-refractivity contribution is 0.881. The summed E-state index contributed by atoms with van der Waals surface area (Å²) in [4.78, 5) is 8.51. The highest BCUT2D eigenvalue weighted by Gasteiger charge is 2.12. The first-order valence-electron chi connectivity index (χ1n) is 5.74. The van der Waals surface area contributed by atoms with Crippen LogP contribution in [0.15, 0.2) is 23.0 Å². The minimum absolute atomic E-state index is 0.143. The van der Waals surface area contributed by atoms with Crippen molar-refractivity contribution in [2.24, 2.45) is 5.84 Å². The van der Waals surface area contributed by atoms with Crippen LogP contribution in [0.1, 0.15) is 18.5 Å². The highest BCUT2D eigenvalue weighted by atomic mass is 32.1. The summed E-state index contributed by atoms with van der Waals surface area (Å²) >= 11 is 1.67. The number of aromatic nitrogens is 4. The van der Waals surface area contributed by atoms with Crippen molar-refractivity contribution in [1.82, 2.24) is 20.2 Å². The molecule has 0 amide bonds. The molecule has 0 saturated heterocycles. The van der Waals surface area contributed by atoms with Crippen LogP contribution in [0.5, 0.6) is 0 Å². The van der Waals surface area contributed by atoms with Crippen LogP contribution in [-0.2, 0) is 0 Å². The molecule has 5 N–H and O–H groups in total. The van der Waals surface area contributed by atoms with Gasteiger partial charge >= 0.3 is 0 Å². The van der Waals surface area contributed by atoms with E-state index in [0.717, 1.165) is 5.39 Å². The van der Waals surface area contributed by atoms with Gasteiger partial charge in [0.05, 0.1) is 17.6 Å². The number of hydrogen-bond acceptors (Lipinski definition) is 7. The monoisotopic (exact) mass is 275 g/mol. The number of nitrogens with two attached hydrogens (primary N) is 1. The molecule has 8 heteroatoms. The Labute approximate surface area is 113 Å². The van der Waals surface area contributed by atoms with Crippen LogP contribution in [0, 0.1) is 0 Å². The van der Waals surface area contributed by atoms with E-state index < -0.39 is 0 Å². The van der Waals surface area contributed by atoms with Crippen LogP contribution in [0.2, 0.25) is 0 Å². The zero-order valence-electron chi connectivity index (χ0n) is 10.2. The molecule has 0 saturated carbocycles. The van der Waals surface area contributed by atoms with Gasteiger partial charge in [-0.2, -0.15) is 26.4 Å². The van der Waals surface area contributed by atoms with Gasteiger partial charge in [0.15, 0.2) is 5.65 Å². The van der Waals surface area contributed by atoms with Crippen LogP contribution in [-0.4, -0.2) is 20.2 Å². The summed E-state index contributed by atoms with van der Waals surface area (Å²) in [6.45, 7) is 2.08. The summed E-state index contributed by atoms with van der Waals surface area (Å²) < 4.78 is 0. The van der Waals surface area contributed by atoms with Gasteiger partial charge in [-0.25, -0.2) is 5.84 Å². The van der Waals surface area contributed by atoms with Crippen molar-refractivity contribution in [1.29, 1.82) is 0 Å². The summed E-state index contributed by atoms with van der Waals surface area (Å²) in [6.07, 6.45) is 1.69. The van der Waals surface area contributed by atoms with E-state index in [-0.39, 0.29) is 6.04 Å². The fourth-order valence-electron chi connectivity index (χ4n) is 1.82. The zero-order valence-corrected chi connectivity index (χ0v) is 11.0. The van der Waals surface area contributed by atoms with Crippen molar-refractivity contribution in [2.75, 3.05) is 10.7 Å². The number of rotatable bonds is 4. The Hall–Kier alpha value is -2.19. The van der Waals surface area contributed by atoms with Crippen molar-refractivity contribution in [3.8, 4) is 0 Å². The lowest BCUT2D eigenvalue weighted by Crippen LogP contribution is -2.13. The molecule has 0 aliphatic rings. The lowest BCUT2D eigenvalue weighted by Gasteiger charge is -2.14. The topological polar surface area (TPSA) is 105 Å². The van der Waals surface area contributed by atoms with Crippen LogP contribution in [0.25, 0.3) is 11.0 Å². The minimum Gasteiger partial charge on any atom is -0.363 e. The second-order valence-electron chi connectivity index (χ2n) is 4.10. The van der Waals surface area contributed by atoms with Crippen molar-refractivity contribution in [3.63, 3.8) is 0 Å². The maximum atomic E-state index is 5.37. The smallest absolute Gasteiger partial charge is 0.241 e. The average molecular weight is 275 g/mol. The molecule has 0 fully saturated rings. The number of aromatic amines is 1. The third-order valence-corrected chi connectivity index (χ3v) is 3.54. The summed E-state index contributed by atoms with van der Waals surface area (Å²) in [5.41, 5.74) is 4.30. The van der Waals surface area contributed by atoms with E-state index in [9.17, 15) is 0 Å². The molecular formula is C11H13N7S. The van der Waals surface area contributed by atoms with Crippen molar-refractivity contribution >= 4 is 34.1 Å². The molecule has 3 aromatic heterocycles. The molecule has 0 bridgehead atoms. The molecule has 1 unspecified atom stereocenters. The largest absolute Gasteiger partial charge is 0.363 e. The Morgan fingerprint density at radius 1 is 1.42 bits per heavy atom. The molecule has 7 nitrogen and oxygen atoms in total. The second-order valence-corrected chi connectivity index (χ2v) is 4.88. The minimum atomic E-state index is 0.143. The molecule has 19 heavy (non-hydrogen) atoms. The first kappa shape index (κ1) is 11.9. The Morgan fingerprint density at radius 2 is 2.32 bits per heavy atom. The Kier molecular flexibility index (Phi) is 3.02. The molecule has 0 aromatic carbocycles. The van der Waals surface area contributed by atoms with Gasteiger partial charge in [-0.05, 0) is 29.3 Å². The molecule has 1 atom stereocenters. The van der Waals surface area contributed by atoms with E-state index in [0.29, 0.717) is 17.4 Å². The highest BCUT2D eigenvalue weighted by Crippen LogP contribution is 2.25. The molecule has 3 heterocycles. The summed E-state index contributed by atoms with van der Waals surface area (Å²) in [7, 11) is 0. The van der Waals surface area contributed by atoms with Gasteiger partial charge in [-0.15, -0.1) is 0 Å². The number of nitrogens with one attached hydrogen (secondary N) is 3. The number of H-pyrrole nitrogens is 1. The predicted octanol–water partition coefficient (Wildman–Crippen LogP) is 1.87. The normalized spacial score (nSPS) is 12.5. The first-order valence-corrected chi connectivity index (χ1v) is 6.68. The van der Waals surface area contributed by atoms with Crippen LogP contribution in [0.3, 0.4) is 0 Å². The Morgan fingerprint density at radius 3 is 3.05 bits per heavy atom.